The van der Waals surface area contributed by atoms with Crippen molar-refractivity contribution in [2.24, 2.45) is 10.1 Å². The minimum Gasteiger partial charge on any atom is -0.504 e. The van der Waals surface area contributed by atoms with Crippen LogP contribution in [0.5, 0.6) is 11.5 Å². The second-order valence-corrected chi connectivity index (χ2v) is 7.80. The standard InChI is InChI=1S/C23H25N3O2S/c1-15(2)12-24-23-26(25-13-18-7-9-21(27)22(11-18)28-5)20(14-29-23)19-8-6-16(3)17(4)10-19/h6-11,13-14,27H,1,12H2,2-5H3. The first kappa shape index (κ1) is 20.6. The summed E-state index contributed by atoms with van der Waals surface area (Å²) in [5, 5.41) is 16.6. The molecule has 1 aromatic heterocycles. The lowest BCUT2D eigenvalue weighted by Gasteiger charge is -2.07. The van der Waals surface area contributed by atoms with Crippen LogP contribution in [0, 0.1) is 13.8 Å². The zero-order valence-electron chi connectivity index (χ0n) is 17.1. The van der Waals surface area contributed by atoms with Crippen molar-refractivity contribution in [1.29, 1.82) is 0 Å². The zero-order valence-corrected chi connectivity index (χ0v) is 18.0. The molecule has 3 aromatic rings. The predicted molar refractivity (Wildman–Crippen MR) is 120 cm³/mol. The largest absolute Gasteiger partial charge is 0.504 e. The first-order valence-electron chi connectivity index (χ1n) is 9.23. The molecule has 1 N–H and O–H groups in total. The fraction of sp³-hybridized carbons (Fsp3) is 0.217. The molecule has 1 heterocycles. The van der Waals surface area contributed by atoms with Crippen molar-refractivity contribution in [3.05, 3.63) is 75.4 Å². The normalized spacial score (nSPS) is 11.9. The fourth-order valence-electron chi connectivity index (χ4n) is 2.72. The van der Waals surface area contributed by atoms with Gasteiger partial charge in [-0.1, -0.05) is 24.3 Å². The Morgan fingerprint density at radius 3 is 2.69 bits per heavy atom. The number of aryl methyl sites for hydroxylation is 2. The lowest BCUT2D eigenvalue weighted by atomic mass is 10.1. The molecule has 3 rings (SSSR count). The van der Waals surface area contributed by atoms with Crippen LogP contribution in [-0.4, -0.2) is 29.7 Å². The molecule has 0 amide bonds. The van der Waals surface area contributed by atoms with Crippen molar-refractivity contribution >= 4 is 17.6 Å². The Hall–Kier alpha value is -3.12. The van der Waals surface area contributed by atoms with Gasteiger partial charge in [-0.05, 0) is 61.7 Å². The molecule has 6 heteroatoms. The highest BCUT2D eigenvalue weighted by Gasteiger charge is 2.09. The van der Waals surface area contributed by atoms with E-state index in [-0.39, 0.29) is 5.75 Å². The third-order valence-electron chi connectivity index (χ3n) is 4.50. The fourth-order valence-corrected chi connectivity index (χ4v) is 3.56. The molecule has 0 saturated heterocycles. The molecule has 150 valence electrons. The van der Waals surface area contributed by atoms with Gasteiger partial charge in [0.05, 0.1) is 25.6 Å². The van der Waals surface area contributed by atoms with E-state index in [2.05, 4.69) is 54.1 Å². The van der Waals surface area contributed by atoms with Crippen molar-refractivity contribution in [1.82, 2.24) is 4.68 Å². The molecular weight excluding hydrogens is 382 g/mol. The SMILES string of the molecule is C=C(C)CN=c1scc(-c2ccc(C)c(C)c2)n1N=Cc1ccc(O)c(OC)c1. The van der Waals surface area contributed by atoms with Crippen molar-refractivity contribution < 1.29 is 9.84 Å². The highest BCUT2D eigenvalue weighted by atomic mass is 32.1. The van der Waals surface area contributed by atoms with Crippen LogP contribution in [0.1, 0.15) is 23.6 Å². The summed E-state index contributed by atoms with van der Waals surface area (Å²) >= 11 is 1.55. The van der Waals surface area contributed by atoms with Crippen LogP contribution in [0.15, 0.2) is 64.0 Å². The van der Waals surface area contributed by atoms with Crippen LogP contribution in [0.4, 0.5) is 0 Å². The second-order valence-electron chi connectivity index (χ2n) is 6.96. The van der Waals surface area contributed by atoms with Gasteiger partial charge in [0.25, 0.3) is 0 Å². The number of ether oxygens (including phenoxy) is 1. The number of thiazole rings is 1. The van der Waals surface area contributed by atoms with Crippen LogP contribution in [-0.2, 0) is 0 Å². The topological polar surface area (TPSA) is 59.1 Å². The summed E-state index contributed by atoms with van der Waals surface area (Å²) in [7, 11) is 1.52. The van der Waals surface area contributed by atoms with Gasteiger partial charge in [-0.15, -0.1) is 11.3 Å². The van der Waals surface area contributed by atoms with E-state index in [9.17, 15) is 5.11 Å². The van der Waals surface area contributed by atoms with Crippen LogP contribution in [0.3, 0.4) is 0 Å². The number of aromatic nitrogens is 1. The maximum absolute atomic E-state index is 9.80. The third kappa shape index (κ3) is 4.84. The number of phenolic OH excluding ortho intramolecular Hbond substituents is 1. The molecule has 0 aliphatic carbocycles. The van der Waals surface area contributed by atoms with Gasteiger partial charge in [0.2, 0.25) is 4.80 Å². The van der Waals surface area contributed by atoms with E-state index in [0.29, 0.717) is 12.3 Å². The van der Waals surface area contributed by atoms with E-state index in [1.807, 2.05) is 11.6 Å². The van der Waals surface area contributed by atoms with Crippen LogP contribution < -0.4 is 9.54 Å². The van der Waals surface area contributed by atoms with Gasteiger partial charge in [-0.2, -0.15) is 5.10 Å². The highest BCUT2D eigenvalue weighted by Crippen LogP contribution is 2.26. The van der Waals surface area contributed by atoms with E-state index in [0.717, 1.165) is 27.2 Å². The summed E-state index contributed by atoms with van der Waals surface area (Å²) in [6.45, 7) is 10.6. The first-order chi connectivity index (χ1) is 13.9. The Morgan fingerprint density at radius 1 is 1.21 bits per heavy atom. The first-order valence-corrected chi connectivity index (χ1v) is 10.1. The van der Waals surface area contributed by atoms with Crippen molar-refractivity contribution in [2.45, 2.75) is 20.8 Å². The quantitative estimate of drug-likeness (QED) is 0.466. The van der Waals surface area contributed by atoms with E-state index < -0.39 is 0 Å². The second kappa shape index (κ2) is 8.92. The molecule has 0 unspecified atom stereocenters. The lowest BCUT2D eigenvalue weighted by Crippen LogP contribution is -2.13. The Kier molecular flexibility index (Phi) is 6.34. The van der Waals surface area contributed by atoms with Gasteiger partial charge in [0, 0.05) is 10.9 Å². The molecule has 0 aliphatic heterocycles. The van der Waals surface area contributed by atoms with Crippen molar-refractivity contribution in [3.63, 3.8) is 0 Å². The molecule has 0 fully saturated rings. The molecule has 0 aliphatic rings. The number of rotatable bonds is 6. The predicted octanol–water partition coefficient (Wildman–Crippen LogP) is 4.91. The summed E-state index contributed by atoms with van der Waals surface area (Å²) < 4.78 is 7.03. The minimum absolute atomic E-state index is 0.0980. The Morgan fingerprint density at radius 2 is 2.00 bits per heavy atom. The maximum atomic E-state index is 9.80. The molecular formula is C23H25N3O2S. The van der Waals surface area contributed by atoms with Crippen molar-refractivity contribution in [3.8, 4) is 22.8 Å². The summed E-state index contributed by atoms with van der Waals surface area (Å²) in [6.07, 6.45) is 1.74. The minimum atomic E-state index is 0.0980. The maximum Gasteiger partial charge on any atom is 0.206 e. The average molecular weight is 408 g/mol. The number of benzene rings is 2. The molecule has 29 heavy (non-hydrogen) atoms. The molecule has 0 radical (unpaired) electrons. The molecule has 5 nitrogen and oxygen atoms in total. The van der Waals surface area contributed by atoms with Gasteiger partial charge >= 0.3 is 0 Å². The molecule has 0 saturated carbocycles. The number of nitrogens with zero attached hydrogens (tertiary/aromatic N) is 3. The van der Waals surface area contributed by atoms with E-state index in [4.69, 9.17) is 4.74 Å². The van der Waals surface area contributed by atoms with Crippen LogP contribution >= 0.6 is 11.3 Å². The Balaban J connectivity index is 2.09. The lowest BCUT2D eigenvalue weighted by molar-refractivity contribution is 0.373. The Labute approximate surface area is 175 Å². The highest BCUT2D eigenvalue weighted by molar-refractivity contribution is 7.07. The van der Waals surface area contributed by atoms with E-state index in [1.54, 1.807) is 35.8 Å². The third-order valence-corrected chi connectivity index (χ3v) is 5.35. The summed E-state index contributed by atoms with van der Waals surface area (Å²) in [5.74, 6) is 0.506. The zero-order chi connectivity index (χ0) is 21.0. The van der Waals surface area contributed by atoms with Gasteiger partial charge in [-0.3, -0.25) is 4.99 Å². The van der Waals surface area contributed by atoms with Gasteiger partial charge in [0.1, 0.15) is 0 Å². The van der Waals surface area contributed by atoms with Gasteiger partial charge in [-0.25, -0.2) is 4.68 Å². The smallest absolute Gasteiger partial charge is 0.206 e. The summed E-state index contributed by atoms with van der Waals surface area (Å²) in [4.78, 5) is 5.45. The molecule has 0 bridgehead atoms. The van der Waals surface area contributed by atoms with Gasteiger partial charge in [0.15, 0.2) is 11.5 Å². The number of hydrogen-bond donors (Lipinski definition) is 1. The summed E-state index contributed by atoms with van der Waals surface area (Å²) in [5.41, 5.74) is 6.35. The van der Waals surface area contributed by atoms with Gasteiger partial charge < -0.3 is 9.84 Å². The number of aromatic hydroxyl groups is 1. The number of hydrogen-bond acceptors (Lipinski definition) is 5. The molecule has 0 spiro atoms. The van der Waals surface area contributed by atoms with E-state index in [1.165, 1.54) is 18.2 Å². The molecule has 2 aromatic carbocycles. The number of phenols is 1. The monoisotopic (exact) mass is 407 g/mol. The Bertz CT molecular complexity index is 1140. The van der Waals surface area contributed by atoms with Crippen molar-refractivity contribution in [2.75, 3.05) is 13.7 Å². The average Bonchev–Trinajstić information content (AvgIpc) is 3.10. The molecule has 0 atom stereocenters. The van der Waals surface area contributed by atoms with E-state index >= 15 is 0 Å². The number of methoxy groups -OCH3 is 1. The van der Waals surface area contributed by atoms with Crippen LogP contribution in [0.25, 0.3) is 11.3 Å². The summed E-state index contributed by atoms with van der Waals surface area (Å²) in [6, 6.07) is 11.5. The van der Waals surface area contributed by atoms with Crippen LogP contribution in [0.2, 0.25) is 0 Å².